The minimum absolute atomic E-state index is 0.150. The van der Waals surface area contributed by atoms with Crippen molar-refractivity contribution in [2.45, 2.75) is 4.90 Å². The maximum atomic E-state index is 13.5. The standard InChI is InChI=1S/C11H13FN2O6S/c12-8-2-1-7(11(16)17)5-9(8)21(18,19)14-3-4-20-6-10(13)15/h1-2,5,14H,3-4,6H2,(H2,13,15)(H,16,17). The summed E-state index contributed by atoms with van der Waals surface area (Å²) in [4.78, 5) is 20.4. The zero-order valence-electron chi connectivity index (χ0n) is 10.7. The Labute approximate surface area is 119 Å². The van der Waals surface area contributed by atoms with Crippen LogP contribution in [0.4, 0.5) is 4.39 Å². The molecule has 0 saturated carbocycles. The Kier molecular flexibility index (Phi) is 5.76. The van der Waals surface area contributed by atoms with E-state index in [0.717, 1.165) is 12.1 Å². The van der Waals surface area contributed by atoms with Crippen LogP contribution in [0.1, 0.15) is 10.4 Å². The van der Waals surface area contributed by atoms with Gasteiger partial charge >= 0.3 is 5.97 Å². The van der Waals surface area contributed by atoms with Gasteiger partial charge in [0.2, 0.25) is 15.9 Å². The largest absolute Gasteiger partial charge is 0.478 e. The number of carboxylic acid groups (broad SMARTS) is 1. The van der Waals surface area contributed by atoms with Crippen LogP contribution in [0.5, 0.6) is 0 Å². The number of ether oxygens (including phenoxy) is 1. The van der Waals surface area contributed by atoms with Crippen LogP contribution < -0.4 is 10.5 Å². The minimum atomic E-state index is -4.23. The highest BCUT2D eigenvalue weighted by Crippen LogP contribution is 2.16. The first-order valence-electron chi connectivity index (χ1n) is 5.62. The topological polar surface area (TPSA) is 136 Å². The van der Waals surface area contributed by atoms with Crippen molar-refractivity contribution in [2.24, 2.45) is 5.73 Å². The number of rotatable bonds is 8. The summed E-state index contributed by atoms with van der Waals surface area (Å²) in [6.45, 7) is -0.751. The van der Waals surface area contributed by atoms with Crippen molar-refractivity contribution in [2.75, 3.05) is 19.8 Å². The Balaban J connectivity index is 2.76. The maximum absolute atomic E-state index is 13.5. The van der Waals surface area contributed by atoms with Gasteiger partial charge in [0.15, 0.2) is 0 Å². The lowest BCUT2D eigenvalue weighted by Gasteiger charge is -2.08. The van der Waals surface area contributed by atoms with E-state index in [1.54, 1.807) is 0 Å². The number of nitrogens with one attached hydrogen (secondary N) is 1. The normalized spacial score (nSPS) is 11.3. The van der Waals surface area contributed by atoms with Gasteiger partial charge in [-0.1, -0.05) is 0 Å². The zero-order chi connectivity index (χ0) is 16.0. The smallest absolute Gasteiger partial charge is 0.335 e. The van der Waals surface area contributed by atoms with Crippen molar-refractivity contribution in [1.29, 1.82) is 0 Å². The summed E-state index contributed by atoms with van der Waals surface area (Å²) in [5, 5.41) is 8.76. The fourth-order valence-corrected chi connectivity index (χ4v) is 2.46. The van der Waals surface area contributed by atoms with E-state index >= 15 is 0 Å². The Morgan fingerprint density at radius 3 is 2.62 bits per heavy atom. The van der Waals surface area contributed by atoms with Crippen molar-refractivity contribution in [3.05, 3.63) is 29.6 Å². The van der Waals surface area contributed by atoms with E-state index in [2.05, 4.69) is 0 Å². The molecule has 10 heteroatoms. The lowest BCUT2D eigenvalue weighted by molar-refractivity contribution is -0.122. The number of amides is 1. The number of carbonyl (C=O) groups excluding carboxylic acids is 1. The number of hydrogen-bond donors (Lipinski definition) is 3. The number of benzene rings is 1. The number of nitrogens with two attached hydrogens (primary N) is 1. The third kappa shape index (κ3) is 5.10. The van der Waals surface area contributed by atoms with Gasteiger partial charge < -0.3 is 15.6 Å². The van der Waals surface area contributed by atoms with Gasteiger partial charge in [0, 0.05) is 6.54 Å². The van der Waals surface area contributed by atoms with Crippen LogP contribution in [0.15, 0.2) is 23.1 Å². The van der Waals surface area contributed by atoms with Crippen LogP contribution in [-0.4, -0.2) is 45.2 Å². The number of halogens is 1. The average Bonchev–Trinajstić information content (AvgIpc) is 2.37. The monoisotopic (exact) mass is 320 g/mol. The first kappa shape index (κ1) is 17.0. The van der Waals surface area contributed by atoms with Crippen LogP contribution in [0.2, 0.25) is 0 Å². The predicted octanol–water partition coefficient (Wildman–Crippen LogP) is -0.696. The second kappa shape index (κ2) is 7.11. The summed E-state index contributed by atoms with van der Waals surface area (Å²) in [6, 6.07) is 2.42. The van der Waals surface area contributed by atoms with Crippen molar-refractivity contribution >= 4 is 21.9 Å². The van der Waals surface area contributed by atoms with Crippen LogP contribution in [0, 0.1) is 5.82 Å². The fraction of sp³-hybridized carbons (Fsp3) is 0.273. The van der Waals surface area contributed by atoms with E-state index in [4.69, 9.17) is 15.6 Å². The molecule has 0 atom stereocenters. The molecular formula is C11H13FN2O6S. The lowest BCUT2D eigenvalue weighted by atomic mass is 10.2. The van der Waals surface area contributed by atoms with E-state index in [1.807, 2.05) is 4.72 Å². The molecule has 1 aromatic rings. The molecule has 0 bridgehead atoms. The molecule has 1 rings (SSSR count). The van der Waals surface area contributed by atoms with Crippen molar-refractivity contribution in [1.82, 2.24) is 4.72 Å². The summed E-state index contributed by atoms with van der Waals surface area (Å²) in [5.41, 5.74) is 4.45. The number of sulfonamides is 1. The molecule has 116 valence electrons. The minimum Gasteiger partial charge on any atom is -0.478 e. The first-order valence-corrected chi connectivity index (χ1v) is 7.11. The molecule has 21 heavy (non-hydrogen) atoms. The predicted molar refractivity (Wildman–Crippen MR) is 68.6 cm³/mol. The molecule has 1 amide bonds. The van der Waals surface area contributed by atoms with Crippen molar-refractivity contribution < 1.29 is 32.2 Å². The van der Waals surface area contributed by atoms with E-state index in [1.165, 1.54) is 0 Å². The van der Waals surface area contributed by atoms with Gasteiger partial charge in [-0.15, -0.1) is 0 Å². The number of carbonyl (C=O) groups is 2. The molecule has 1 aromatic carbocycles. The van der Waals surface area contributed by atoms with Crippen LogP contribution in [-0.2, 0) is 19.6 Å². The Bertz CT molecular complexity index is 646. The maximum Gasteiger partial charge on any atom is 0.335 e. The zero-order valence-corrected chi connectivity index (χ0v) is 11.5. The molecule has 0 fully saturated rings. The van der Waals surface area contributed by atoms with E-state index in [0.29, 0.717) is 6.07 Å². The van der Waals surface area contributed by atoms with Crippen molar-refractivity contribution in [3.8, 4) is 0 Å². The Morgan fingerprint density at radius 1 is 1.38 bits per heavy atom. The molecule has 0 spiro atoms. The van der Waals surface area contributed by atoms with Gasteiger partial charge in [-0.2, -0.15) is 0 Å². The summed E-state index contributed by atoms with van der Waals surface area (Å²) in [6.07, 6.45) is 0. The van der Waals surface area contributed by atoms with Gasteiger partial charge in [0.05, 0.1) is 12.2 Å². The van der Waals surface area contributed by atoms with E-state index in [9.17, 15) is 22.4 Å². The fourth-order valence-electron chi connectivity index (χ4n) is 1.34. The molecule has 8 nitrogen and oxygen atoms in total. The second-order valence-corrected chi connectivity index (χ2v) is 5.60. The quantitative estimate of drug-likeness (QED) is 0.542. The molecular weight excluding hydrogens is 307 g/mol. The van der Waals surface area contributed by atoms with Gasteiger partial charge in [-0.3, -0.25) is 4.79 Å². The number of hydrogen-bond acceptors (Lipinski definition) is 5. The molecule has 0 aromatic heterocycles. The molecule has 0 radical (unpaired) electrons. The van der Waals surface area contributed by atoms with Crippen LogP contribution in [0.3, 0.4) is 0 Å². The van der Waals surface area contributed by atoms with Gasteiger partial charge in [-0.05, 0) is 18.2 Å². The van der Waals surface area contributed by atoms with Crippen LogP contribution in [0.25, 0.3) is 0 Å². The highest BCUT2D eigenvalue weighted by atomic mass is 32.2. The third-order valence-corrected chi connectivity index (χ3v) is 3.73. The molecule has 0 aliphatic carbocycles. The first-order chi connectivity index (χ1) is 9.74. The molecule has 4 N–H and O–H groups in total. The second-order valence-electron chi connectivity index (χ2n) is 3.87. The van der Waals surface area contributed by atoms with Crippen molar-refractivity contribution in [3.63, 3.8) is 0 Å². The molecule has 0 aliphatic heterocycles. The summed E-state index contributed by atoms with van der Waals surface area (Å²) in [5.74, 6) is -3.17. The molecule has 0 aliphatic rings. The number of carboxylic acids is 1. The Morgan fingerprint density at radius 2 is 2.05 bits per heavy atom. The highest BCUT2D eigenvalue weighted by molar-refractivity contribution is 7.89. The van der Waals surface area contributed by atoms with Gasteiger partial charge in [0.25, 0.3) is 0 Å². The average molecular weight is 320 g/mol. The molecule has 0 saturated heterocycles. The lowest BCUT2D eigenvalue weighted by Crippen LogP contribution is -2.29. The van der Waals surface area contributed by atoms with Gasteiger partial charge in [-0.25, -0.2) is 22.3 Å². The molecule has 0 heterocycles. The number of aromatic carboxylic acids is 1. The summed E-state index contributed by atoms with van der Waals surface area (Å²) < 4.78 is 43.9. The van der Waals surface area contributed by atoms with E-state index < -0.39 is 32.6 Å². The highest BCUT2D eigenvalue weighted by Gasteiger charge is 2.20. The SMILES string of the molecule is NC(=O)COCCNS(=O)(=O)c1cc(C(=O)O)ccc1F. The third-order valence-electron chi connectivity index (χ3n) is 2.25. The van der Waals surface area contributed by atoms with Gasteiger partial charge in [0.1, 0.15) is 17.3 Å². The van der Waals surface area contributed by atoms with E-state index in [-0.39, 0.29) is 25.3 Å². The number of primary amides is 1. The summed E-state index contributed by atoms with van der Waals surface area (Å²) in [7, 11) is -4.23. The molecule has 0 unspecified atom stereocenters. The van der Waals surface area contributed by atoms with Crippen LogP contribution >= 0.6 is 0 Å². The summed E-state index contributed by atoms with van der Waals surface area (Å²) >= 11 is 0. The Hall–Kier alpha value is -2.04.